The van der Waals surface area contributed by atoms with Gasteiger partial charge < -0.3 is 18.6 Å². The Morgan fingerprint density at radius 2 is 1.81 bits per heavy atom. The van der Waals surface area contributed by atoms with Crippen molar-refractivity contribution in [1.29, 1.82) is 0 Å². The molecule has 146 valence electrons. The third-order valence-corrected chi connectivity index (χ3v) is 4.43. The van der Waals surface area contributed by atoms with Crippen LogP contribution in [-0.4, -0.2) is 40.6 Å². The molecule has 0 bridgehead atoms. The minimum absolute atomic E-state index is 0.00177. The van der Waals surface area contributed by atoms with Crippen molar-refractivity contribution in [3.8, 4) is 5.75 Å². The molecule has 8 nitrogen and oxygen atoms in total. The van der Waals surface area contributed by atoms with Crippen molar-refractivity contribution in [2.75, 3.05) is 13.2 Å². The van der Waals surface area contributed by atoms with Crippen molar-refractivity contribution >= 4 is 46.9 Å². The second kappa shape index (κ2) is 10.4. The van der Waals surface area contributed by atoms with Gasteiger partial charge in [0, 0.05) is 5.02 Å². The maximum atomic E-state index is 12.0. The topological polar surface area (TPSA) is 101 Å². The van der Waals surface area contributed by atoms with Crippen LogP contribution in [0.1, 0.15) is 19.7 Å². The van der Waals surface area contributed by atoms with Crippen LogP contribution in [0, 0.1) is 0 Å². The lowest BCUT2D eigenvalue weighted by atomic mass is 10.3. The average molecular weight is 435 g/mol. The number of halogens is 2. The van der Waals surface area contributed by atoms with Crippen LogP contribution in [0.3, 0.4) is 0 Å². The van der Waals surface area contributed by atoms with Gasteiger partial charge in [0.25, 0.3) is 11.1 Å². The van der Waals surface area contributed by atoms with Crippen molar-refractivity contribution in [3.63, 3.8) is 0 Å². The van der Waals surface area contributed by atoms with Gasteiger partial charge in [0.2, 0.25) is 5.25 Å². The number of rotatable bonds is 9. The number of hydrogen-bond donors (Lipinski definition) is 0. The van der Waals surface area contributed by atoms with Crippen LogP contribution in [0.15, 0.2) is 27.8 Å². The van der Waals surface area contributed by atoms with Crippen LogP contribution in [0.25, 0.3) is 0 Å². The normalized spacial score (nSPS) is 10.7. The molecule has 1 heterocycles. The second-order valence-electron chi connectivity index (χ2n) is 4.83. The van der Waals surface area contributed by atoms with E-state index in [0.717, 1.165) is 11.8 Å². The van der Waals surface area contributed by atoms with Crippen LogP contribution < -0.4 is 4.74 Å². The van der Waals surface area contributed by atoms with E-state index < -0.39 is 17.2 Å². The summed E-state index contributed by atoms with van der Waals surface area (Å²) in [6.45, 7) is 3.46. The zero-order chi connectivity index (χ0) is 19.8. The molecule has 2 rings (SSSR count). The number of carbonyl (C=O) groups is 2. The summed E-state index contributed by atoms with van der Waals surface area (Å²) in [6, 6.07) is 4.77. The molecule has 0 fully saturated rings. The SMILES string of the molecule is CCOC(=O)C(Sc1nnc(COc2ccc(Cl)cc2Cl)o1)C(=O)OCC. The van der Waals surface area contributed by atoms with E-state index >= 15 is 0 Å². The summed E-state index contributed by atoms with van der Waals surface area (Å²) >= 11 is 12.6. The highest BCUT2D eigenvalue weighted by molar-refractivity contribution is 8.01. The largest absolute Gasteiger partial charge is 0.482 e. The van der Waals surface area contributed by atoms with Gasteiger partial charge in [0.15, 0.2) is 6.61 Å². The number of aromatic nitrogens is 2. The Bertz CT molecular complexity index is 783. The Labute approximate surface area is 169 Å². The minimum atomic E-state index is -1.26. The molecule has 1 aromatic heterocycles. The number of nitrogens with zero attached hydrogens (tertiary/aromatic N) is 2. The Hall–Kier alpha value is -1.97. The second-order valence-corrected chi connectivity index (χ2v) is 6.73. The highest BCUT2D eigenvalue weighted by atomic mass is 35.5. The number of hydrogen-bond acceptors (Lipinski definition) is 9. The maximum Gasteiger partial charge on any atom is 0.331 e. The molecule has 0 radical (unpaired) electrons. The van der Waals surface area contributed by atoms with Crippen LogP contribution in [0.4, 0.5) is 0 Å². The number of esters is 2. The quantitative estimate of drug-likeness (QED) is 0.333. The van der Waals surface area contributed by atoms with Gasteiger partial charge in [-0.3, -0.25) is 9.59 Å². The van der Waals surface area contributed by atoms with Gasteiger partial charge in [-0.05, 0) is 43.8 Å². The van der Waals surface area contributed by atoms with E-state index in [-0.39, 0.29) is 30.9 Å². The Kier molecular flexibility index (Phi) is 8.21. The fourth-order valence-corrected chi connectivity index (χ4v) is 3.03. The van der Waals surface area contributed by atoms with E-state index in [1.165, 1.54) is 6.07 Å². The van der Waals surface area contributed by atoms with E-state index in [1.807, 2.05) is 0 Å². The average Bonchev–Trinajstić information content (AvgIpc) is 3.07. The summed E-state index contributed by atoms with van der Waals surface area (Å²) in [6.07, 6.45) is 0. The molecule has 0 saturated heterocycles. The predicted octanol–water partition coefficient (Wildman–Crippen LogP) is 3.54. The third kappa shape index (κ3) is 6.30. The first-order valence-corrected chi connectivity index (χ1v) is 9.48. The summed E-state index contributed by atoms with van der Waals surface area (Å²) in [5, 5.41) is 7.15. The molecule has 0 aliphatic rings. The van der Waals surface area contributed by atoms with E-state index in [2.05, 4.69) is 10.2 Å². The summed E-state index contributed by atoms with van der Waals surface area (Å²) in [7, 11) is 0. The smallest absolute Gasteiger partial charge is 0.331 e. The number of thioether (sulfide) groups is 1. The first kappa shape index (κ1) is 21.3. The van der Waals surface area contributed by atoms with Gasteiger partial charge in [-0.15, -0.1) is 10.2 Å². The molecule has 0 atom stereocenters. The number of benzene rings is 1. The highest BCUT2D eigenvalue weighted by Crippen LogP contribution is 2.29. The third-order valence-electron chi connectivity index (χ3n) is 2.91. The van der Waals surface area contributed by atoms with Crippen molar-refractivity contribution in [3.05, 3.63) is 34.1 Å². The molecule has 1 aromatic carbocycles. The first-order chi connectivity index (χ1) is 12.9. The van der Waals surface area contributed by atoms with Crippen LogP contribution in [0.5, 0.6) is 5.75 Å². The summed E-state index contributed by atoms with van der Waals surface area (Å²) in [5.74, 6) is -0.964. The van der Waals surface area contributed by atoms with E-state index in [1.54, 1.807) is 26.0 Å². The molecule has 0 unspecified atom stereocenters. The monoisotopic (exact) mass is 434 g/mol. The standard InChI is InChI=1S/C16H16Cl2N2O6S/c1-3-23-14(21)13(15(22)24-4-2)27-16-20-19-12(26-16)8-25-11-6-5-9(17)7-10(11)18/h5-7,13H,3-4,8H2,1-2H3. The van der Waals surface area contributed by atoms with Gasteiger partial charge >= 0.3 is 11.9 Å². The lowest BCUT2D eigenvalue weighted by Crippen LogP contribution is -2.30. The molecule has 27 heavy (non-hydrogen) atoms. The Balaban J connectivity index is 2.01. The Morgan fingerprint density at radius 3 is 2.41 bits per heavy atom. The maximum absolute atomic E-state index is 12.0. The van der Waals surface area contributed by atoms with E-state index in [0.29, 0.717) is 15.8 Å². The van der Waals surface area contributed by atoms with Crippen molar-refractivity contribution < 1.29 is 28.2 Å². The van der Waals surface area contributed by atoms with E-state index in [4.69, 9.17) is 41.8 Å². The van der Waals surface area contributed by atoms with Gasteiger partial charge in [-0.25, -0.2) is 0 Å². The highest BCUT2D eigenvalue weighted by Gasteiger charge is 2.33. The zero-order valence-corrected chi connectivity index (χ0v) is 16.8. The summed E-state index contributed by atoms with van der Waals surface area (Å²) in [5.41, 5.74) is 0. The molecule has 2 aromatic rings. The van der Waals surface area contributed by atoms with Gasteiger partial charge in [0.1, 0.15) is 5.75 Å². The van der Waals surface area contributed by atoms with Crippen LogP contribution >= 0.6 is 35.0 Å². The van der Waals surface area contributed by atoms with E-state index in [9.17, 15) is 9.59 Å². The van der Waals surface area contributed by atoms with Gasteiger partial charge in [-0.1, -0.05) is 23.2 Å². The number of ether oxygens (including phenoxy) is 3. The molecular formula is C16H16Cl2N2O6S. The fraction of sp³-hybridized carbons (Fsp3) is 0.375. The van der Waals surface area contributed by atoms with Crippen LogP contribution in [-0.2, 0) is 25.7 Å². The Morgan fingerprint density at radius 1 is 1.15 bits per heavy atom. The first-order valence-electron chi connectivity index (χ1n) is 7.84. The summed E-state index contributed by atoms with van der Waals surface area (Å²) < 4.78 is 20.6. The lowest BCUT2D eigenvalue weighted by Gasteiger charge is -2.11. The van der Waals surface area contributed by atoms with Crippen molar-refractivity contribution in [2.45, 2.75) is 30.9 Å². The minimum Gasteiger partial charge on any atom is -0.482 e. The fourth-order valence-electron chi connectivity index (χ4n) is 1.81. The molecule has 11 heteroatoms. The number of carbonyl (C=O) groups excluding carboxylic acids is 2. The molecule has 0 saturated carbocycles. The van der Waals surface area contributed by atoms with Crippen molar-refractivity contribution in [2.24, 2.45) is 0 Å². The van der Waals surface area contributed by atoms with Gasteiger partial charge in [-0.2, -0.15) is 0 Å². The van der Waals surface area contributed by atoms with Gasteiger partial charge in [0.05, 0.1) is 18.2 Å². The lowest BCUT2D eigenvalue weighted by molar-refractivity contribution is -0.152. The van der Waals surface area contributed by atoms with Crippen molar-refractivity contribution in [1.82, 2.24) is 10.2 Å². The molecule has 0 aliphatic carbocycles. The van der Waals surface area contributed by atoms with Crippen LogP contribution in [0.2, 0.25) is 10.0 Å². The molecule has 0 aliphatic heterocycles. The zero-order valence-electron chi connectivity index (χ0n) is 14.4. The molecular weight excluding hydrogens is 419 g/mol. The summed E-state index contributed by atoms with van der Waals surface area (Å²) in [4.78, 5) is 23.9. The molecule has 0 spiro atoms. The predicted molar refractivity (Wildman–Crippen MR) is 98.0 cm³/mol. The molecule has 0 N–H and O–H groups in total. The molecule has 0 amide bonds.